The normalized spacial score (nSPS) is 11.7. The van der Waals surface area contributed by atoms with Crippen molar-refractivity contribution in [1.82, 2.24) is 5.32 Å². The van der Waals surface area contributed by atoms with Crippen LogP contribution in [-0.2, 0) is 4.79 Å². The first kappa shape index (κ1) is 35.9. The van der Waals surface area contributed by atoms with Crippen LogP contribution >= 0.6 is 7.26 Å². The minimum Gasteiger partial charge on any atom is -0.321 e. The van der Waals surface area contributed by atoms with E-state index in [1.165, 1.54) is 0 Å². The summed E-state index contributed by atoms with van der Waals surface area (Å²) in [5, 5.41) is 10.1. The number of hydrogen-bond acceptors (Lipinski definition) is 6. The number of amides is 2. The maximum absolute atomic E-state index is 14.7. The van der Waals surface area contributed by atoms with Gasteiger partial charge in [-0.15, -0.1) is 10.2 Å². The lowest BCUT2D eigenvalue weighted by Crippen LogP contribution is -2.68. The molecule has 0 saturated carbocycles. The van der Waals surface area contributed by atoms with Crippen LogP contribution in [0.3, 0.4) is 0 Å². The monoisotopic (exact) mass is 702 g/mol. The molecule has 50 heavy (non-hydrogen) atoms. The number of nitrogens with one attached hydrogen (secondary N) is 2. The molecular formula is C40H32ClN2O6P. The van der Waals surface area contributed by atoms with E-state index >= 15 is 0 Å². The molecule has 2 amide bonds. The molecule has 250 valence electrons. The number of hydrogen-bond donors (Lipinski definition) is 2. The standard InChI is InChI=1S/C40H31N2O2P.ClHO4/c43-39(32-21-9-2-10-22-32)42-37(40(44)41-33-23-11-3-12-24-33)38(31-19-7-1-8-20-31)45(34-25-13-4-14-26-34,35-27-15-5-16-28-35)36-29-17-6-18-30-36;2-1(3,4)5/h1-30H,(H-,41,42,43,44);(H,2,3,4,5). The van der Waals surface area contributed by atoms with Crippen molar-refractivity contribution in [1.29, 1.82) is 0 Å². The van der Waals surface area contributed by atoms with Crippen molar-refractivity contribution in [2.45, 2.75) is 0 Å². The van der Waals surface area contributed by atoms with Crippen molar-refractivity contribution >= 4 is 46.0 Å². The molecular weight excluding hydrogens is 671 g/mol. The maximum atomic E-state index is 14.7. The SMILES string of the molecule is O=C(Nc1ccccc1)C(NC(=O)c1ccccc1)=C(c1ccccc1)[P+](c1ccccc1)(c1ccccc1)c1ccccc1.[O-][Cl+3]([O-])([O-])[O-]. The number of carbonyl (C=O) groups excluding carboxylic acids is 2. The Kier molecular flexibility index (Phi) is 12.0. The number of anilines is 1. The van der Waals surface area contributed by atoms with Crippen LogP contribution < -0.4 is 45.2 Å². The average molecular weight is 703 g/mol. The molecule has 2 N–H and O–H groups in total. The largest absolute Gasteiger partial charge is 0.321 e. The van der Waals surface area contributed by atoms with Gasteiger partial charge in [-0.1, -0.05) is 121 Å². The first-order chi connectivity index (χ1) is 24.2. The van der Waals surface area contributed by atoms with Crippen LogP contribution in [0.5, 0.6) is 0 Å². The van der Waals surface area contributed by atoms with Crippen LogP contribution in [0.25, 0.3) is 5.31 Å². The Hall–Kier alpha value is -5.44. The number of rotatable bonds is 9. The van der Waals surface area contributed by atoms with Gasteiger partial charge in [0.1, 0.15) is 28.5 Å². The molecule has 0 fully saturated rings. The molecule has 6 rings (SSSR count). The van der Waals surface area contributed by atoms with Gasteiger partial charge in [-0.3, -0.25) is 9.59 Å². The topological polar surface area (TPSA) is 150 Å². The van der Waals surface area contributed by atoms with Gasteiger partial charge in [-0.25, -0.2) is 18.6 Å². The summed E-state index contributed by atoms with van der Waals surface area (Å²) in [6.07, 6.45) is 0. The second kappa shape index (κ2) is 16.8. The van der Waals surface area contributed by atoms with Crippen molar-refractivity contribution in [3.8, 4) is 0 Å². The van der Waals surface area contributed by atoms with Crippen LogP contribution in [0.4, 0.5) is 5.69 Å². The third kappa shape index (κ3) is 8.96. The molecule has 0 saturated heterocycles. The molecule has 0 aliphatic carbocycles. The zero-order valence-electron chi connectivity index (χ0n) is 26.6. The van der Waals surface area contributed by atoms with E-state index < -0.39 is 23.4 Å². The van der Waals surface area contributed by atoms with E-state index in [9.17, 15) is 9.59 Å². The lowest BCUT2D eigenvalue weighted by atomic mass is 10.1. The number of benzene rings is 6. The van der Waals surface area contributed by atoms with Crippen LogP contribution in [-0.4, -0.2) is 11.8 Å². The Bertz CT molecular complexity index is 1910. The molecule has 0 bridgehead atoms. The van der Waals surface area contributed by atoms with Crippen molar-refractivity contribution < 1.29 is 38.5 Å². The van der Waals surface area contributed by atoms with E-state index in [4.69, 9.17) is 18.6 Å². The summed E-state index contributed by atoms with van der Waals surface area (Å²) in [5.41, 5.74) is 2.13. The zero-order chi connectivity index (χ0) is 35.4. The smallest absolute Gasteiger partial charge is 0.276 e. The quantitative estimate of drug-likeness (QED) is 0.175. The van der Waals surface area contributed by atoms with E-state index in [2.05, 4.69) is 47.0 Å². The van der Waals surface area contributed by atoms with E-state index in [0.29, 0.717) is 11.3 Å². The Morgan fingerprint density at radius 2 is 0.780 bits per heavy atom. The highest BCUT2D eigenvalue weighted by Crippen LogP contribution is 2.67. The molecule has 8 nitrogen and oxygen atoms in total. The van der Waals surface area contributed by atoms with Gasteiger partial charge in [0.05, 0.1) is 0 Å². The Labute approximate surface area is 293 Å². The van der Waals surface area contributed by atoms with E-state index in [1.54, 1.807) is 12.1 Å². The molecule has 0 radical (unpaired) electrons. The highest BCUT2D eigenvalue weighted by atomic mass is 35.7. The van der Waals surface area contributed by atoms with E-state index in [1.807, 2.05) is 133 Å². The van der Waals surface area contributed by atoms with Gasteiger partial charge in [-0.2, -0.15) is 0 Å². The maximum Gasteiger partial charge on any atom is 0.276 e. The molecule has 0 spiro atoms. The van der Waals surface area contributed by atoms with E-state index in [0.717, 1.165) is 26.8 Å². The van der Waals surface area contributed by atoms with Gasteiger partial charge >= 0.3 is 0 Å². The minimum atomic E-state index is -4.94. The fraction of sp³-hybridized carbons (Fsp3) is 0. The molecule has 0 aliphatic heterocycles. The predicted molar refractivity (Wildman–Crippen MR) is 187 cm³/mol. The Morgan fingerprint density at radius 1 is 0.460 bits per heavy atom. The number of halogens is 1. The Balaban J connectivity index is 0.000000908. The minimum absolute atomic E-state index is 0.198. The summed E-state index contributed by atoms with van der Waals surface area (Å²) in [6, 6.07) is 59.2. The molecule has 0 heterocycles. The number of carbonyl (C=O) groups is 2. The molecule has 10 heteroatoms. The molecule has 0 aromatic heterocycles. The van der Waals surface area contributed by atoms with Gasteiger partial charge < -0.3 is 10.6 Å². The second-order valence-corrected chi connectivity index (χ2v) is 14.9. The fourth-order valence-corrected chi connectivity index (χ4v) is 10.2. The molecule has 6 aromatic carbocycles. The fourth-order valence-electron chi connectivity index (χ4n) is 5.60. The van der Waals surface area contributed by atoms with Crippen molar-refractivity contribution in [3.63, 3.8) is 0 Å². The first-order valence-corrected chi connectivity index (χ1v) is 18.4. The molecule has 0 aliphatic rings. The predicted octanol–water partition coefficient (Wildman–Crippen LogP) is 2.66. The van der Waals surface area contributed by atoms with Crippen LogP contribution in [0.15, 0.2) is 188 Å². The highest BCUT2D eigenvalue weighted by Gasteiger charge is 2.52. The summed E-state index contributed by atoms with van der Waals surface area (Å²) in [6.45, 7) is 0. The summed E-state index contributed by atoms with van der Waals surface area (Å²) >= 11 is 0. The summed E-state index contributed by atoms with van der Waals surface area (Å²) < 4.78 is 34.0. The van der Waals surface area contributed by atoms with Crippen LogP contribution in [0, 0.1) is 10.2 Å². The van der Waals surface area contributed by atoms with Gasteiger partial charge in [0.2, 0.25) is 0 Å². The van der Waals surface area contributed by atoms with Gasteiger partial charge in [0.25, 0.3) is 11.8 Å². The van der Waals surface area contributed by atoms with Crippen molar-refractivity contribution in [2.75, 3.05) is 5.32 Å². The molecule has 6 aromatic rings. The summed E-state index contributed by atoms with van der Waals surface area (Å²) in [5.74, 6) is -0.772. The second-order valence-electron chi connectivity index (χ2n) is 10.8. The third-order valence-corrected chi connectivity index (χ3v) is 12.0. The third-order valence-electron chi connectivity index (χ3n) is 7.58. The first-order valence-electron chi connectivity index (χ1n) is 15.4. The van der Waals surface area contributed by atoms with Crippen LogP contribution in [0.1, 0.15) is 15.9 Å². The summed E-state index contributed by atoms with van der Waals surface area (Å²) in [7, 11) is -7.79. The van der Waals surface area contributed by atoms with Crippen LogP contribution in [0.2, 0.25) is 0 Å². The lowest BCUT2D eigenvalue weighted by Gasteiger charge is -2.31. The zero-order valence-corrected chi connectivity index (χ0v) is 28.2. The van der Waals surface area contributed by atoms with Gasteiger partial charge in [0.15, 0.2) is 5.70 Å². The summed E-state index contributed by atoms with van der Waals surface area (Å²) in [4.78, 5) is 28.6. The Morgan fingerprint density at radius 3 is 1.16 bits per heavy atom. The average Bonchev–Trinajstić information content (AvgIpc) is 3.14. The lowest BCUT2D eigenvalue weighted by molar-refractivity contribution is -2.00. The highest BCUT2D eigenvalue weighted by molar-refractivity contribution is 8.03. The number of para-hydroxylation sites is 1. The van der Waals surface area contributed by atoms with Gasteiger partial charge in [-0.05, 0) is 60.7 Å². The van der Waals surface area contributed by atoms with Gasteiger partial charge in [0, 0.05) is 16.8 Å². The molecule has 0 atom stereocenters. The van der Waals surface area contributed by atoms with E-state index in [-0.39, 0.29) is 11.6 Å². The van der Waals surface area contributed by atoms with Crippen molar-refractivity contribution in [3.05, 3.63) is 199 Å². The van der Waals surface area contributed by atoms with Crippen molar-refractivity contribution in [2.24, 2.45) is 0 Å². The molecule has 0 unspecified atom stereocenters.